The Morgan fingerprint density at radius 2 is 1.60 bits per heavy atom. The molecular formula is C28H21F3N2O2. The molecule has 0 fully saturated rings. The second-order valence-electron chi connectivity index (χ2n) is 8.31. The minimum atomic E-state index is -4.43. The van der Waals surface area contributed by atoms with Gasteiger partial charge >= 0.3 is 6.18 Å². The Hall–Kier alpha value is -4.26. The third-order valence-electron chi connectivity index (χ3n) is 6.17. The number of nitrogens with zero attached hydrogens (tertiary/aromatic N) is 1. The number of hydrogen-bond donors (Lipinski definition) is 1. The molecule has 4 nitrogen and oxygen atoms in total. The van der Waals surface area contributed by atoms with Crippen LogP contribution < -0.4 is 10.5 Å². The van der Waals surface area contributed by atoms with Crippen molar-refractivity contribution in [1.82, 2.24) is 4.57 Å². The van der Waals surface area contributed by atoms with Crippen LogP contribution in [0.3, 0.4) is 0 Å². The van der Waals surface area contributed by atoms with Crippen molar-refractivity contribution in [2.24, 2.45) is 5.73 Å². The van der Waals surface area contributed by atoms with Crippen LogP contribution in [0.2, 0.25) is 0 Å². The smallest absolute Gasteiger partial charge is 0.416 e. The minimum absolute atomic E-state index is 0.193. The summed E-state index contributed by atoms with van der Waals surface area (Å²) in [4.78, 5) is 12.2. The van der Waals surface area contributed by atoms with Crippen LogP contribution in [0.15, 0.2) is 84.9 Å². The number of carbonyl (C=O) groups is 1. The van der Waals surface area contributed by atoms with Crippen molar-refractivity contribution >= 4 is 27.7 Å². The number of aromatic nitrogens is 1. The lowest BCUT2D eigenvalue weighted by atomic mass is 10.0. The third-order valence-corrected chi connectivity index (χ3v) is 6.17. The zero-order chi connectivity index (χ0) is 24.7. The molecule has 7 heteroatoms. The molecule has 4 aromatic carbocycles. The lowest BCUT2D eigenvalue weighted by Gasteiger charge is -2.12. The first-order valence-electron chi connectivity index (χ1n) is 10.9. The van der Waals surface area contributed by atoms with Crippen molar-refractivity contribution in [3.8, 4) is 16.9 Å². The topological polar surface area (TPSA) is 57.2 Å². The van der Waals surface area contributed by atoms with Gasteiger partial charge in [0.15, 0.2) is 0 Å². The molecule has 1 amide bonds. The molecule has 1 heterocycles. The number of primary amides is 1. The number of rotatable bonds is 5. The van der Waals surface area contributed by atoms with Gasteiger partial charge in [-0.3, -0.25) is 4.79 Å². The van der Waals surface area contributed by atoms with Crippen LogP contribution in [-0.4, -0.2) is 17.6 Å². The van der Waals surface area contributed by atoms with Crippen molar-refractivity contribution in [3.05, 3.63) is 102 Å². The lowest BCUT2D eigenvalue weighted by molar-refractivity contribution is -0.137. The Morgan fingerprint density at radius 3 is 2.29 bits per heavy atom. The zero-order valence-corrected chi connectivity index (χ0v) is 18.8. The molecule has 0 aliphatic heterocycles. The highest BCUT2D eigenvalue weighted by atomic mass is 19.4. The fourth-order valence-electron chi connectivity index (χ4n) is 4.51. The Kier molecular flexibility index (Phi) is 5.47. The summed E-state index contributed by atoms with van der Waals surface area (Å²) < 4.78 is 47.1. The first kappa shape index (κ1) is 22.5. The fourth-order valence-corrected chi connectivity index (χ4v) is 4.51. The number of nitrogens with two attached hydrogens (primary N) is 1. The van der Waals surface area contributed by atoms with Gasteiger partial charge in [0.25, 0.3) is 0 Å². The summed E-state index contributed by atoms with van der Waals surface area (Å²) in [5, 5.41) is 1.49. The standard InChI is InChI=1S/C28H21F3N2O2/c1-35-21-11-8-18(9-12-21)19-10-13-22-25(15-19)33(24-7-3-6-23(26(22)24)27(32)34)16-17-4-2-5-20(14-17)28(29,30)31/h2-15H,16H2,1H3,(H2,32,34). The number of hydrogen-bond acceptors (Lipinski definition) is 2. The van der Waals surface area contributed by atoms with E-state index in [4.69, 9.17) is 10.5 Å². The van der Waals surface area contributed by atoms with Crippen LogP contribution in [0.25, 0.3) is 32.9 Å². The van der Waals surface area contributed by atoms with E-state index in [9.17, 15) is 18.0 Å². The van der Waals surface area contributed by atoms with Gasteiger partial charge in [0, 0.05) is 22.9 Å². The fraction of sp³-hybridized carbons (Fsp3) is 0.107. The van der Waals surface area contributed by atoms with Gasteiger partial charge in [0.2, 0.25) is 5.91 Å². The van der Waals surface area contributed by atoms with Crippen LogP contribution in [0.1, 0.15) is 21.5 Å². The maximum absolute atomic E-state index is 13.3. The van der Waals surface area contributed by atoms with E-state index in [0.717, 1.165) is 45.4 Å². The van der Waals surface area contributed by atoms with Crippen LogP contribution in [0.5, 0.6) is 5.75 Å². The summed E-state index contributed by atoms with van der Waals surface area (Å²) in [7, 11) is 1.60. The van der Waals surface area contributed by atoms with E-state index < -0.39 is 17.6 Å². The van der Waals surface area contributed by atoms with Crippen LogP contribution in [-0.2, 0) is 12.7 Å². The number of carbonyl (C=O) groups excluding carboxylic acids is 1. The molecule has 0 bridgehead atoms. The Balaban J connectivity index is 1.73. The maximum atomic E-state index is 13.3. The molecule has 0 atom stereocenters. The van der Waals surface area contributed by atoms with E-state index in [0.29, 0.717) is 16.5 Å². The summed E-state index contributed by atoms with van der Waals surface area (Å²) in [5.41, 5.74) is 9.22. The second kappa shape index (κ2) is 8.51. The van der Waals surface area contributed by atoms with E-state index >= 15 is 0 Å². The van der Waals surface area contributed by atoms with Gasteiger partial charge in [0.05, 0.1) is 23.7 Å². The van der Waals surface area contributed by atoms with Gasteiger partial charge in [-0.15, -0.1) is 0 Å². The molecule has 0 spiro atoms. The number of halogens is 3. The summed E-state index contributed by atoms with van der Waals surface area (Å²) in [6.45, 7) is 0.193. The van der Waals surface area contributed by atoms with Gasteiger partial charge in [-0.1, -0.05) is 42.5 Å². The lowest BCUT2D eigenvalue weighted by Crippen LogP contribution is -2.11. The number of methoxy groups -OCH3 is 1. The average molecular weight is 474 g/mol. The number of alkyl halides is 3. The third kappa shape index (κ3) is 4.10. The molecule has 176 valence electrons. The highest BCUT2D eigenvalue weighted by Gasteiger charge is 2.30. The number of fused-ring (bicyclic) bond motifs is 3. The average Bonchev–Trinajstić information content (AvgIpc) is 3.16. The van der Waals surface area contributed by atoms with Crippen LogP contribution >= 0.6 is 0 Å². The molecule has 0 saturated carbocycles. The van der Waals surface area contributed by atoms with Crippen LogP contribution in [0, 0.1) is 0 Å². The van der Waals surface area contributed by atoms with Gasteiger partial charge in [0.1, 0.15) is 5.75 Å². The summed E-state index contributed by atoms with van der Waals surface area (Å²) >= 11 is 0. The molecule has 0 saturated heterocycles. The molecule has 0 unspecified atom stereocenters. The van der Waals surface area contributed by atoms with E-state index in [-0.39, 0.29) is 6.54 Å². The van der Waals surface area contributed by atoms with E-state index in [1.165, 1.54) is 6.07 Å². The van der Waals surface area contributed by atoms with Gasteiger partial charge in [-0.05, 0) is 59.2 Å². The zero-order valence-electron chi connectivity index (χ0n) is 18.8. The van der Waals surface area contributed by atoms with E-state index in [1.54, 1.807) is 25.3 Å². The highest BCUT2D eigenvalue weighted by molar-refractivity contribution is 6.18. The molecule has 35 heavy (non-hydrogen) atoms. The predicted molar refractivity (Wildman–Crippen MR) is 130 cm³/mol. The number of ether oxygens (including phenoxy) is 1. The second-order valence-corrected chi connectivity index (χ2v) is 8.31. The SMILES string of the molecule is COc1ccc(-c2ccc3c4c(C(N)=O)cccc4n(Cc4cccc(C(F)(F)F)c4)c3c2)cc1. The predicted octanol–water partition coefficient (Wildman–Crippen LogP) is 6.64. The quantitative estimate of drug-likeness (QED) is 0.311. The first-order valence-corrected chi connectivity index (χ1v) is 10.9. The molecule has 5 rings (SSSR count). The Bertz CT molecular complexity index is 1570. The monoisotopic (exact) mass is 474 g/mol. The van der Waals surface area contributed by atoms with Crippen molar-refractivity contribution in [2.75, 3.05) is 7.11 Å². The largest absolute Gasteiger partial charge is 0.497 e. The van der Waals surface area contributed by atoms with E-state index in [2.05, 4.69) is 0 Å². The molecule has 0 aliphatic rings. The van der Waals surface area contributed by atoms with Crippen molar-refractivity contribution in [3.63, 3.8) is 0 Å². The van der Waals surface area contributed by atoms with Gasteiger partial charge in [-0.25, -0.2) is 0 Å². The Labute approximate surface area is 199 Å². The Morgan fingerprint density at radius 1 is 0.886 bits per heavy atom. The summed E-state index contributed by atoms with van der Waals surface area (Å²) in [6.07, 6.45) is -4.43. The summed E-state index contributed by atoms with van der Waals surface area (Å²) in [5.74, 6) is 0.174. The summed E-state index contributed by atoms with van der Waals surface area (Å²) in [6, 6.07) is 24.0. The molecular weight excluding hydrogens is 453 g/mol. The van der Waals surface area contributed by atoms with E-state index in [1.807, 2.05) is 53.1 Å². The van der Waals surface area contributed by atoms with Gasteiger partial charge in [-0.2, -0.15) is 13.2 Å². The molecule has 5 aromatic rings. The molecule has 2 N–H and O–H groups in total. The van der Waals surface area contributed by atoms with Crippen molar-refractivity contribution < 1.29 is 22.7 Å². The molecule has 0 radical (unpaired) electrons. The molecule has 0 aliphatic carbocycles. The first-order chi connectivity index (χ1) is 16.8. The van der Waals surface area contributed by atoms with Crippen LogP contribution in [0.4, 0.5) is 13.2 Å². The molecule has 1 aromatic heterocycles. The maximum Gasteiger partial charge on any atom is 0.416 e. The van der Waals surface area contributed by atoms with Gasteiger partial charge < -0.3 is 15.0 Å². The van der Waals surface area contributed by atoms with Crippen molar-refractivity contribution in [2.45, 2.75) is 12.7 Å². The number of amides is 1. The normalized spacial score (nSPS) is 11.8. The minimum Gasteiger partial charge on any atom is -0.497 e. The number of benzene rings is 4. The highest BCUT2D eigenvalue weighted by Crippen LogP contribution is 2.36. The van der Waals surface area contributed by atoms with Crippen molar-refractivity contribution in [1.29, 1.82) is 0 Å².